The first-order chi connectivity index (χ1) is 12.2. The molecule has 25 heavy (non-hydrogen) atoms. The average Bonchev–Trinajstić information content (AvgIpc) is 3.14. The maximum atomic E-state index is 12.5. The van der Waals surface area contributed by atoms with E-state index in [2.05, 4.69) is 10.6 Å². The summed E-state index contributed by atoms with van der Waals surface area (Å²) in [5.41, 5.74) is 2.63. The Balaban J connectivity index is 1.56. The molecule has 0 aromatic heterocycles. The van der Waals surface area contributed by atoms with Gasteiger partial charge >= 0.3 is 0 Å². The summed E-state index contributed by atoms with van der Waals surface area (Å²) in [4.78, 5) is 26.7. The molecule has 2 aromatic carbocycles. The van der Waals surface area contributed by atoms with E-state index in [-0.39, 0.29) is 17.7 Å². The summed E-state index contributed by atoms with van der Waals surface area (Å²) < 4.78 is 0. The van der Waals surface area contributed by atoms with E-state index in [1.807, 2.05) is 61.6 Å². The fourth-order valence-electron chi connectivity index (χ4n) is 3.08. The second-order valence-electron chi connectivity index (χ2n) is 6.32. The van der Waals surface area contributed by atoms with Gasteiger partial charge in [0.2, 0.25) is 5.91 Å². The third kappa shape index (κ3) is 4.25. The molecule has 0 aliphatic carbocycles. The van der Waals surface area contributed by atoms with Gasteiger partial charge in [-0.3, -0.25) is 9.59 Å². The summed E-state index contributed by atoms with van der Waals surface area (Å²) in [6, 6.07) is 17.0. The number of nitrogens with zero attached hydrogens (tertiary/aromatic N) is 1. The van der Waals surface area contributed by atoms with Crippen LogP contribution < -0.4 is 10.6 Å². The highest BCUT2D eigenvalue weighted by Crippen LogP contribution is 2.21. The number of anilines is 1. The van der Waals surface area contributed by atoms with Crippen molar-refractivity contribution in [2.45, 2.75) is 13.0 Å². The smallest absolute Gasteiger partial charge is 0.253 e. The molecule has 1 saturated heterocycles. The Hall–Kier alpha value is -2.66. The van der Waals surface area contributed by atoms with Crippen molar-refractivity contribution in [3.8, 4) is 0 Å². The molecule has 0 radical (unpaired) electrons. The van der Waals surface area contributed by atoms with Gasteiger partial charge in [-0.25, -0.2) is 0 Å². The lowest BCUT2D eigenvalue weighted by Crippen LogP contribution is -2.31. The van der Waals surface area contributed by atoms with Gasteiger partial charge in [0.15, 0.2) is 0 Å². The molecule has 2 aromatic rings. The number of carbonyl (C=O) groups is 2. The molecule has 1 unspecified atom stereocenters. The van der Waals surface area contributed by atoms with E-state index in [1.54, 1.807) is 4.90 Å². The average molecular weight is 337 g/mol. The van der Waals surface area contributed by atoms with E-state index in [9.17, 15) is 9.59 Å². The van der Waals surface area contributed by atoms with E-state index in [0.717, 1.165) is 12.2 Å². The summed E-state index contributed by atoms with van der Waals surface area (Å²) in [6.45, 7) is 1.89. The van der Waals surface area contributed by atoms with Crippen molar-refractivity contribution >= 4 is 17.5 Å². The van der Waals surface area contributed by atoms with Crippen molar-refractivity contribution in [2.75, 3.05) is 25.5 Å². The quantitative estimate of drug-likeness (QED) is 0.881. The minimum atomic E-state index is -0.162. The second kappa shape index (κ2) is 7.94. The monoisotopic (exact) mass is 337 g/mol. The van der Waals surface area contributed by atoms with E-state index < -0.39 is 0 Å². The van der Waals surface area contributed by atoms with Crippen LogP contribution in [0.25, 0.3) is 0 Å². The molecule has 2 N–H and O–H groups in total. The Morgan fingerprint density at radius 2 is 1.80 bits per heavy atom. The molecular formula is C20H23N3O2. The summed E-state index contributed by atoms with van der Waals surface area (Å²) in [5, 5.41) is 6.05. The van der Waals surface area contributed by atoms with Crippen LogP contribution in [-0.4, -0.2) is 36.9 Å². The van der Waals surface area contributed by atoms with Gasteiger partial charge in [0, 0.05) is 30.9 Å². The maximum Gasteiger partial charge on any atom is 0.253 e. The predicted octanol–water partition coefficient (Wildman–Crippen LogP) is 2.51. The lowest BCUT2D eigenvalue weighted by molar-refractivity contribution is -0.119. The van der Waals surface area contributed by atoms with Crippen LogP contribution in [0, 0.1) is 5.92 Å². The molecule has 1 fully saturated rings. The van der Waals surface area contributed by atoms with Gasteiger partial charge < -0.3 is 15.5 Å². The molecule has 3 rings (SSSR count). The van der Waals surface area contributed by atoms with Gasteiger partial charge in [0.1, 0.15) is 0 Å². The highest BCUT2D eigenvalue weighted by atomic mass is 16.2. The van der Waals surface area contributed by atoms with Gasteiger partial charge in [-0.2, -0.15) is 0 Å². The van der Waals surface area contributed by atoms with Crippen LogP contribution in [-0.2, 0) is 11.3 Å². The highest BCUT2D eigenvalue weighted by molar-refractivity contribution is 5.96. The van der Waals surface area contributed by atoms with Gasteiger partial charge in [-0.1, -0.05) is 30.3 Å². The molecule has 5 heteroatoms. The second-order valence-corrected chi connectivity index (χ2v) is 6.32. The van der Waals surface area contributed by atoms with Gasteiger partial charge in [0.05, 0.1) is 5.92 Å². The number of hydrogen-bond acceptors (Lipinski definition) is 3. The van der Waals surface area contributed by atoms with Crippen molar-refractivity contribution in [3.63, 3.8) is 0 Å². The van der Waals surface area contributed by atoms with Crippen molar-refractivity contribution in [1.29, 1.82) is 0 Å². The topological polar surface area (TPSA) is 61.4 Å². The number of rotatable bonds is 5. The first kappa shape index (κ1) is 17.2. The summed E-state index contributed by atoms with van der Waals surface area (Å²) in [6.07, 6.45) is 0.697. The fourth-order valence-corrected chi connectivity index (χ4v) is 3.08. The number of amides is 2. The third-order valence-corrected chi connectivity index (χ3v) is 4.47. The maximum absolute atomic E-state index is 12.5. The Morgan fingerprint density at radius 1 is 1.08 bits per heavy atom. The first-order valence-electron chi connectivity index (χ1n) is 8.56. The standard InChI is InChI=1S/C20H23N3O2/c1-21-13-15-7-9-18(10-8-15)22-19(24)17-11-12-23(14-17)20(25)16-5-3-2-4-6-16/h2-10,17,21H,11-14H2,1H3,(H,22,24). The minimum Gasteiger partial charge on any atom is -0.338 e. The minimum absolute atomic E-state index is 0.00711. The molecule has 0 bridgehead atoms. The third-order valence-electron chi connectivity index (χ3n) is 4.47. The Labute approximate surface area is 148 Å². The number of carbonyl (C=O) groups excluding carboxylic acids is 2. The summed E-state index contributed by atoms with van der Waals surface area (Å²) in [7, 11) is 1.90. The normalized spacial score (nSPS) is 16.7. The Kier molecular flexibility index (Phi) is 5.46. The lowest BCUT2D eigenvalue weighted by Gasteiger charge is -2.16. The molecule has 1 heterocycles. The van der Waals surface area contributed by atoms with Crippen molar-refractivity contribution < 1.29 is 9.59 Å². The largest absolute Gasteiger partial charge is 0.338 e. The fraction of sp³-hybridized carbons (Fsp3) is 0.300. The van der Waals surface area contributed by atoms with Crippen molar-refractivity contribution in [2.24, 2.45) is 5.92 Å². The van der Waals surface area contributed by atoms with Crippen molar-refractivity contribution in [3.05, 3.63) is 65.7 Å². The molecule has 0 spiro atoms. The zero-order valence-corrected chi connectivity index (χ0v) is 14.4. The van der Waals surface area contributed by atoms with E-state index in [0.29, 0.717) is 25.1 Å². The zero-order valence-electron chi connectivity index (χ0n) is 14.4. The number of hydrogen-bond donors (Lipinski definition) is 2. The van der Waals surface area contributed by atoms with Crippen LogP contribution in [0.2, 0.25) is 0 Å². The molecule has 5 nitrogen and oxygen atoms in total. The Bertz CT molecular complexity index is 728. The lowest BCUT2D eigenvalue weighted by atomic mass is 10.1. The number of benzene rings is 2. The molecule has 1 aliphatic rings. The molecule has 2 amide bonds. The van der Waals surface area contributed by atoms with Crippen LogP contribution in [0.3, 0.4) is 0 Å². The predicted molar refractivity (Wildman–Crippen MR) is 98.3 cm³/mol. The summed E-state index contributed by atoms with van der Waals surface area (Å²) >= 11 is 0. The van der Waals surface area contributed by atoms with Crippen LogP contribution in [0.4, 0.5) is 5.69 Å². The SMILES string of the molecule is CNCc1ccc(NC(=O)C2CCN(C(=O)c3ccccc3)C2)cc1. The number of nitrogens with one attached hydrogen (secondary N) is 2. The van der Waals surface area contributed by atoms with Crippen molar-refractivity contribution in [1.82, 2.24) is 10.2 Å². The Morgan fingerprint density at radius 3 is 2.48 bits per heavy atom. The van der Waals surface area contributed by atoms with Crippen LogP contribution in [0.1, 0.15) is 22.3 Å². The van der Waals surface area contributed by atoms with E-state index in [4.69, 9.17) is 0 Å². The molecule has 130 valence electrons. The molecule has 1 atom stereocenters. The highest BCUT2D eigenvalue weighted by Gasteiger charge is 2.31. The molecule has 1 aliphatic heterocycles. The molecule has 0 saturated carbocycles. The van der Waals surface area contributed by atoms with Crippen LogP contribution >= 0.6 is 0 Å². The van der Waals surface area contributed by atoms with Gasteiger partial charge in [0.25, 0.3) is 5.91 Å². The summed E-state index contributed by atoms with van der Waals surface area (Å²) in [5.74, 6) is -0.193. The van der Waals surface area contributed by atoms with Crippen LogP contribution in [0.15, 0.2) is 54.6 Å². The first-order valence-corrected chi connectivity index (χ1v) is 8.56. The van der Waals surface area contributed by atoms with Crippen LogP contribution in [0.5, 0.6) is 0 Å². The van der Waals surface area contributed by atoms with E-state index >= 15 is 0 Å². The number of likely N-dealkylation sites (tertiary alicyclic amines) is 1. The molecular weight excluding hydrogens is 314 g/mol. The van der Waals surface area contributed by atoms with E-state index in [1.165, 1.54) is 5.56 Å². The zero-order chi connectivity index (χ0) is 17.6. The van der Waals surface area contributed by atoms with Gasteiger partial charge in [-0.15, -0.1) is 0 Å². The van der Waals surface area contributed by atoms with Gasteiger partial charge in [-0.05, 0) is 43.3 Å².